The van der Waals surface area contributed by atoms with Crippen molar-refractivity contribution >= 4 is 18.0 Å². The van der Waals surface area contributed by atoms with Gasteiger partial charge in [0.05, 0.1) is 12.5 Å². The predicted molar refractivity (Wildman–Crippen MR) is 98.5 cm³/mol. The molecule has 2 atom stereocenters. The van der Waals surface area contributed by atoms with Crippen molar-refractivity contribution in [1.29, 1.82) is 0 Å². The topological polar surface area (TPSA) is 111 Å². The third-order valence-corrected chi connectivity index (χ3v) is 4.34. The van der Waals surface area contributed by atoms with Crippen LogP contribution in [0.15, 0.2) is 30.3 Å². The second kappa shape index (κ2) is 10.5. The van der Waals surface area contributed by atoms with E-state index in [1.807, 2.05) is 30.3 Å². The van der Waals surface area contributed by atoms with Crippen molar-refractivity contribution in [3.63, 3.8) is 0 Å². The van der Waals surface area contributed by atoms with Crippen LogP contribution in [0.25, 0.3) is 0 Å². The average Bonchev–Trinajstić information content (AvgIpc) is 2.71. The van der Waals surface area contributed by atoms with Crippen LogP contribution in [0.3, 0.4) is 0 Å². The number of nitrogens with one attached hydrogen (secondary N) is 1. The number of hydrogen-bond acceptors (Lipinski definition) is 6. The standard InChI is InChI=1S/C19H27N3O5/c1-2-26-18(24)16(20)11-21-17(23)15-9-6-10-22(12-15)19(25)27-13-14-7-4-3-5-8-14/h3-5,7-8,15-16H,2,6,9-13,20H2,1H3,(H,21,23)/t15-,16?/m1/s1. The molecule has 1 aromatic rings. The molecular formula is C19H27N3O5. The highest BCUT2D eigenvalue weighted by atomic mass is 16.6. The number of nitrogens with zero attached hydrogens (tertiary/aromatic N) is 1. The van der Waals surface area contributed by atoms with Gasteiger partial charge >= 0.3 is 12.1 Å². The Morgan fingerprint density at radius 3 is 2.70 bits per heavy atom. The summed E-state index contributed by atoms with van der Waals surface area (Å²) in [5.74, 6) is -1.12. The molecule has 1 saturated heterocycles. The van der Waals surface area contributed by atoms with Gasteiger partial charge in [-0.25, -0.2) is 4.79 Å². The van der Waals surface area contributed by atoms with E-state index in [0.717, 1.165) is 5.56 Å². The van der Waals surface area contributed by atoms with E-state index in [2.05, 4.69) is 5.32 Å². The quantitative estimate of drug-likeness (QED) is 0.687. The summed E-state index contributed by atoms with van der Waals surface area (Å²) < 4.78 is 10.1. The zero-order chi connectivity index (χ0) is 19.6. The van der Waals surface area contributed by atoms with Crippen LogP contribution in [0, 0.1) is 5.92 Å². The number of hydrogen-bond donors (Lipinski definition) is 2. The molecular weight excluding hydrogens is 350 g/mol. The highest BCUT2D eigenvalue weighted by Crippen LogP contribution is 2.18. The van der Waals surface area contributed by atoms with Crippen LogP contribution in [0.5, 0.6) is 0 Å². The highest BCUT2D eigenvalue weighted by Gasteiger charge is 2.29. The van der Waals surface area contributed by atoms with E-state index in [1.165, 1.54) is 0 Å². The molecule has 1 heterocycles. The van der Waals surface area contributed by atoms with Crippen LogP contribution in [0.1, 0.15) is 25.3 Å². The number of nitrogens with two attached hydrogens (primary N) is 1. The van der Waals surface area contributed by atoms with Crippen molar-refractivity contribution in [2.75, 3.05) is 26.2 Å². The number of esters is 1. The van der Waals surface area contributed by atoms with Crippen LogP contribution in [-0.2, 0) is 25.7 Å². The maximum atomic E-state index is 12.3. The summed E-state index contributed by atoms with van der Waals surface area (Å²) >= 11 is 0. The molecule has 1 unspecified atom stereocenters. The highest BCUT2D eigenvalue weighted by molar-refractivity contribution is 5.81. The summed E-state index contributed by atoms with van der Waals surface area (Å²) in [6.07, 6.45) is 0.949. The van der Waals surface area contributed by atoms with E-state index in [-0.39, 0.29) is 38.1 Å². The zero-order valence-corrected chi connectivity index (χ0v) is 15.6. The zero-order valence-electron chi connectivity index (χ0n) is 15.6. The van der Waals surface area contributed by atoms with Crippen LogP contribution in [-0.4, -0.2) is 55.2 Å². The molecule has 0 bridgehead atoms. The molecule has 2 amide bonds. The monoisotopic (exact) mass is 377 g/mol. The smallest absolute Gasteiger partial charge is 0.410 e. The Balaban J connectivity index is 1.77. The van der Waals surface area contributed by atoms with Gasteiger partial charge in [-0.3, -0.25) is 9.59 Å². The Kier molecular flexibility index (Phi) is 8.06. The minimum absolute atomic E-state index is 0.00657. The Hall–Kier alpha value is -2.61. The maximum Gasteiger partial charge on any atom is 0.410 e. The van der Waals surface area contributed by atoms with Crippen molar-refractivity contribution in [3.05, 3.63) is 35.9 Å². The van der Waals surface area contributed by atoms with Crippen molar-refractivity contribution in [2.45, 2.75) is 32.4 Å². The number of rotatable bonds is 7. The SMILES string of the molecule is CCOC(=O)C(N)CNC(=O)[C@@H]1CCCN(C(=O)OCc2ccccc2)C1. The number of carbonyl (C=O) groups is 3. The molecule has 8 nitrogen and oxygen atoms in total. The summed E-state index contributed by atoms with van der Waals surface area (Å²) in [7, 11) is 0. The fraction of sp³-hybridized carbons (Fsp3) is 0.526. The van der Waals surface area contributed by atoms with Crippen LogP contribution in [0.4, 0.5) is 4.79 Å². The van der Waals surface area contributed by atoms with Crippen LogP contribution >= 0.6 is 0 Å². The summed E-state index contributed by atoms with van der Waals surface area (Å²) in [4.78, 5) is 37.6. The van der Waals surface area contributed by atoms with Crippen LogP contribution in [0.2, 0.25) is 0 Å². The molecule has 1 aliphatic heterocycles. The second-order valence-corrected chi connectivity index (χ2v) is 6.43. The molecule has 3 N–H and O–H groups in total. The summed E-state index contributed by atoms with van der Waals surface area (Å²) in [5.41, 5.74) is 6.59. The van der Waals surface area contributed by atoms with Crippen molar-refractivity contribution in [1.82, 2.24) is 10.2 Å². The van der Waals surface area contributed by atoms with Gasteiger partial charge in [-0.05, 0) is 25.3 Å². The number of likely N-dealkylation sites (tertiary alicyclic amines) is 1. The molecule has 1 aromatic carbocycles. The van der Waals surface area contributed by atoms with E-state index in [0.29, 0.717) is 19.4 Å². The number of benzene rings is 1. The number of carbonyl (C=O) groups excluding carboxylic acids is 3. The van der Waals surface area contributed by atoms with E-state index in [1.54, 1.807) is 11.8 Å². The van der Waals surface area contributed by atoms with Gasteiger partial charge in [0, 0.05) is 19.6 Å². The Morgan fingerprint density at radius 1 is 1.26 bits per heavy atom. The molecule has 27 heavy (non-hydrogen) atoms. The molecule has 0 radical (unpaired) electrons. The summed E-state index contributed by atoms with van der Waals surface area (Å²) in [5, 5.41) is 2.67. The minimum atomic E-state index is -0.899. The van der Waals surface area contributed by atoms with Gasteiger partial charge in [0.15, 0.2) is 0 Å². The third kappa shape index (κ3) is 6.56. The van der Waals surface area contributed by atoms with Crippen molar-refractivity contribution in [2.24, 2.45) is 11.7 Å². The van der Waals surface area contributed by atoms with E-state index in [9.17, 15) is 14.4 Å². The molecule has 8 heteroatoms. The lowest BCUT2D eigenvalue weighted by atomic mass is 9.97. The van der Waals surface area contributed by atoms with Gasteiger partial charge in [0.1, 0.15) is 12.6 Å². The van der Waals surface area contributed by atoms with Gasteiger partial charge in [-0.15, -0.1) is 0 Å². The molecule has 1 fully saturated rings. The predicted octanol–water partition coefficient (Wildman–Crippen LogP) is 1.04. The Labute approximate surface area is 159 Å². The summed E-state index contributed by atoms with van der Waals surface area (Å²) in [6.45, 7) is 2.97. The van der Waals surface area contributed by atoms with Crippen LogP contribution < -0.4 is 11.1 Å². The van der Waals surface area contributed by atoms with Gasteiger partial charge < -0.3 is 25.4 Å². The molecule has 0 aliphatic carbocycles. The summed E-state index contributed by atoms with van der Waals surface area (Å²) in [6, 6.07) is 8.52. The first-order chi connectivity index (χ1) is 13.0. The van der Waals surface area contributed by atoms with E-state index >= 15 is 0 Å². The second-order valence-electron chi connectivity index (χ2n) is 6.43. The van der Waals surface area contributed by atoms with E-state index in [4.69, 9.17) is 15.2 Å². The largest absolute Gasteiger partial charge is 0.465 e. The number of amides is 2. The normalized spacial score (nSPS) is 17.7. The molecule has 0 spiro atoms. The molecule has 1 aliphatic rings. The first kappa shape index (κ1) is 20.7. The van der Waals surface area contributed by atoms with Crippen molar-refractivity contribution < 1.29 is 23.9 Å². The molecule has 2 rings (SSSR count). The maximum absolute atomic E-state index is 12.3. The van der Waals surface area contributed by atoms with Crippen molar-refractivity contribution in [3.8, 4) is 0 Å². The lowest BCUT2D eigenvalue weighted by Gasteiger charge is -2.31. The fourth-order valence-electron chi connectivity index (χ4n) is 2.86. The number of ether oxygens (including phenoxy) is 2. The molecule has 0 aromatic heterocycles. The van der Waals surface area contributed by atoms with Gasteiger partial charge in [-0.1, -0.05) is 30.3 Å². The minimum Gasteiger partial charge on any atom is -0.465 e. The van der Waals surface area contributed by atoms with Gasteiger partial charge in [0.2, 0.25) is 5.91 Å². The van der Waals surface area contributed by atoms with Gasteiger partial charge in [-0.2, -0.15) is 0 Å². The number of piperidine rings is 1. The lowest BCUT2D eigenvalue weighted by Crippen LogP contribution is -2.49. The van der Waals surface area contributed by atoms with E-state index < -0.39 is 18.1 Å². The first-order valence-electron chi connectivity index (χ1n) is 9.16. The Bertz CT molecular complexity index is 637. The Morgan fingerprint density at radius 2 is 2.00 bits per heavy atom. The first-order valence-corrected chi connectivity index (χ1v) is 9.16. The molecule has 148 valence electrons. The average molecular weight is 377 g/mol. The third-order valence-electron chi connectivity index (χ3n) is 4.34. The molecule has 0 saturated carbocycles. The van der Waals surface area contributed by atoms with Gasteiger partial charge in [0.25, 0.3) is 0 Å². The lowest BCUT2D eigenvalue weighted by molar-refractivity contribution is -0.144. The fourth-order valence-corrected chi connectivity index (χ4v) is 2.86.